The van der Waals surface area contributed by atoms with Crippen molar-refractivity contribution in [1.29, 1.82) is 0 Å². The molecule has 0 spiro atoms. The SMILES string of the molecule is N[C@H]1CCCN(c2cc(Nc3ccc4cnn(C5CCOC5)c4n3)ncc2-c2cnn(CC(F)(F)F)c2)C1. The Bertz CT molecular complexity index is 1430. The van der Waals surface area contributed by atoms with Gasteiger partial charge in [-0.15, -0.1) is 0 Å². The minimum atomic E-state index is -4.36. The Morgan fingerprint density at radius 2 is 2.00 bits per heavy atom. The van der Waals surface area contributed by atoms with E-state index in [4.69, 9.17) is 15.5 Å². The molecular weight excluding hydrogens is 499 g/mol. The molecule has 38 heavy (non-hydrogen) atoms. The second-order valence-corrected chi connectivity index (χ2v) is 9.82. The van der Waals surface area contributed by atoms with Gasteiger partial charge < -0.3 is 20.7 Å². The number of nitrogens with zero attached hydrogens (tertiary/aromatic N) is 7. The largest absolute Gasteiger partial charge is 0.408 e. The lowest BCUT2D eigenvalue weighted by molar-refractivity contribution is -0.142. The third kappa shape index (κ3) is 5.16. The zero-order chi connectivity index (χ0) is 26.3. The van der Waals surface area contributed by atoms with Crippen LogP contribution in [0.3, 0.4) is 0 Å². The van der Waals surface area contributed by atoms with Gasteiger partial charge in [0.05, 0.1) is 25.0 Å². The van der Waals surface area contributed by atoms with Gasteiger partial charge in [-0.2, -0.15) is 23.4 Å². The average Bonchev–Trinajstić information content (AvgIpc) is 3.64. The van der Waals surface area contributed by atoms with Crippen molar-refractivity contribution in [2.45, 2.75) is 44.1 Å². The molecule has 3 N–H and O–H groups in total. The van der Waals surface area contributed by atoms with Crippen LogP contribution in [-0.2, 0) is 11.3 Å². The van der Waals surface area contributed by atoms with Crippen molar-refractivity contribution in [2.24, 2.45) is 5.73 Å². The van der Waals surface area contributed by atoms with Crippen LogP contribution in [0.1, 0.15) is 25.3 Å². The fourth-order valence-corrected chi connectivity index (χ4v) is 5.10. The first-order valence-corrected chi connectivity index (χ1v) is 12.6. The standard InChI is InChI=1S/C25H28F3N9O/c26-25(27,28)15-36-12-17(10-31-36)20-11-30-23(8-21(20)35-6-1-2-18(29)13-35)33-22-4-3-16-9-32-37(24(16)34-22)19-5-7-38-14-19/h3-4,8-12,18-19H,1-2,5-7,13-15,29H2,(H,30,33,34)/t18-,19?/m0/s1. The second kappa shape index (κ2) is 9.87. The van der Waals surface area contributed by atoms with E-state index in [1.807, 2.05) is 22.9 Å². The van der Waals surface area contributed by atoms with E-state index in [2.05, 4.69) is 25.4 Å². The molecule has 6 heterocycles. The van der Waals surface area contributed by atoms with E-state index in [1.54, 1.807) is 12.4 Å². The van der Waals surface area contributed by atoms with Gasteiger partial charge in [0.1, 0.15) is 18.2 Å². The highest BCUT2D eigenvalue weighted by atomic mass is 19.4. The van der Waals surface area contributed by atoms with Gasteiger partial charge in [0, 0.05) is 66.4 Å². The molecule has 2 aliphatic rings. The molecular formula is C25H28F3N9O. The second-order valence-electron chi connectivity index (χ2n) is 9.82. The minimum absolute atomic E-state index is 0.0121. The first-order chi connectivity index (χ1) is 18.3. The Balaban J connectivity index is 1.32. The predicted molar refractivity (Wildman–Crippen MR) is 136 cm³/mol. The Morgan fingerprint density at radius 1 is 1.11 bits per heavy atom. The molecule has 4 aromatic heterocycles. The lowest BCUT2D eigenvalue weighted by Gasteiger charge is -2.34. The molecule has 4 aromatic rings. The van der Waals surface area contributed by atoms with Crippen LogP contribution in [0.2, 0.25) is 0 Å². The summed E-state index contributed by atoms with van der Waals surface area (Å²) in [5, 5.41) is 12.7. The van der Waals surface area contributed by atoms with Crippen LogP contribution in [0.4, 0.5) is 30.5 Å². The molecule has 0 amide bonds. The van der Waals surface area contributed by atoms with Crippen molar-refractivity contribution < 1.29 is 17.9 Å². The van der Waals surface area contributed by atoms with E-state index in [-0.39, 0.29) is 12.1 Å². The van der Waals surface area contributed by atoms with E-state index in [0.29, 0.717) is 42.5 Å². The number of nitrogens with one attached hydrogen (secondary N) is 1. The topological polar surface area (TPSA) is 112 Å². The Kier molecular flexibility index (Phi) is 6.40. The summed E-state index contributed by atoms with van der Waals surface area (Å²) < 4.78 is 47.0. The zero-order valence-electron chi connectivity index (χ0n) is 20.6. The molecule has 0 radical (unpaired) electrons. The number of ether oxygens (including phenoxy) is 1. The highest BCUT2D eigenvalue weighted by molar-refractivity contribution is 5.81. The predicted octanol–water partition coefficient (Wildman–Crippen LogP) is 3.88. The number of anilines is 3. The highest BCUT2D eigenvalue weighted by Gasteiger charge is 2.29. The smallest absolute Gasteiger partial charge is 0.379 e. The Hall–Kier alpha value is -3.71. The Morgan fingerprint density at radius 3 is 2.79 bits per heavy atom. The van der Waals surface area contributed by atoms with Crippen molar-refractivity contribution >= 4 is 28.4 Å². The van der Waals surface area contributed by atoms with Gasteiger partial charge in [-0.25, -0.2) is 14.6 Å². The van der Waals surface area contributed by atoms with Crippen LogP contribution in [0.15, 0.2) is 43.0 Å². The number of pyridine rings is 2. The molecule has 2 fully saturated rings. The third-order valence-corrected chi connectivity index (χ3v) is 6.92. The lowest BCUT2D eigenvalue weighted by atomic mass is 10.0. The number of hydrogen-bond donors (Lipinski definition) is 2. The molecule has 200 valence electrons. The highest BCUT2D eigenvalue weighted by Crippen LogP contribution is 2.35. The fraction of sp³-hybridized carbons (Fsp3) is 0.440. The van der Waals surface area contributed by atoms with Crippen LogP contribution in [0, 0.1) is 0 Å². The molecule has 0 aliphatic carbocycles. The van der Waals surface area contributed by atoms with Crippen molar-refractivity contribution in [3.63, 3.8) is 0 Å². The van der Waals surface area contributed by atoms with E-state index in [0.717, 1.165) is 47.2 Å². The molecule has 2 saturated heterocycles. The Labute approximate surface area is 216 Å². The van der Waals surface area contributed by atoms with Crippen molar-refractivity contribution in [3.8, 4) is 11.1 Å². The molecule has 1 unspecified atom stereocenters. The minimum Gasteiger partial charge on any atom is -0.379 e. The summed E-state index contributed by atoms with van der Waals surface area (Å²) >= 11 is 0. The van der Waals surface area contributed by atoms with Gasteiger partial charge in [0.2, 0.25) is 0 Å². The molecule has 2 atom stereocenters. The fourth-order valence-electron chi connectivity index (χ4n) is 5.10. The summed E-state index contributed by atoms with van der Waals surface area (Å²) in [5.74, 6) is 1.17. The molecule has 10 nitrogen and oxygen atoms in total. The first-order valence-electron chi connectivity index (χ1n) is 12.6. The first kappa shape index (κ1) is 24.6. The van der Waals surface area contributed by atoms with Gasteiger partial charge in [-0.05, 0) is 31.4 Å². The van der Waals surface area contributed by atoms with Crippen LogP contribution in [0.5, 0.6) is 0 Å². The normalized spacial score (nSPS) is 20.4. The van der Waals surface area contributed by atoms with E-state index < -0.39 is 12.7 Å². The number of hydrogen-bond acceptors (Lipinski definition) is 8. The molecule has 13 heteroatoms. The average molecular weight is 528 g/mol. The van der Waals surface area contributed by atoms with Crippen LogP contribution in [-0.4, -0.2) is 68.1 Å². The molecule has 0 aromatic carbocycles. The quantitative estimate of drug-likeness (QED) is 0.389. The van der Waals surface area contributed by atoms with Gasteiger partial charge >= 0.3 is 6.18 Å². The number of nitrogens with two attached hydrogens (primary N) is 1. The number of halogens is 3. The summed E-state index contributed by atoms with van der Waals surface area (Å²) in [7, 11) is 0. The number of aromatic nitrogens is 6. The van der Waals surface area contributed by atoms with Crippen molar-refractivity contribution in [3.05, 3.63) is 43.0 Å². The summed E-state index contributed by atoms with van der Waals surface area (Å²) in [5.41, 5.74) is 9.11. The summed E-state index contributed by atoms with van der Waals surface area (Å²) in [6, 6.07) is 5.88. The summed E-state index contributed by atoms with van der Waals surface area (Å²) in [6.07, 6.45) is 4.67. The van der Waals surface area contributed by atoms with E-state index in [9.17, 15) is 13.2 Å². The summed E-state index contributed by atoms with van der Waals surface area (Å²) in [4.78, 5) is 11.5. The van der Waals surface area contributed by atoms with Gasteiger partial charge in [-0.1, -0.05) is 0 Å². The zero-order valence-corrected chi connectivity index (χ0v) is 20.6. The number of piperidine rings is 1. The van der Waals surface area contributed by atoms with E-state index >= 15 is 0 Å². The maximum atomic E-state index is 12.9. The van der Waals surface area contributed by atoms with Crippen molar-refractivity contribution in [1.82, 2.24) is 29.5 Å². The third-order valence-electron chi connectivity index (χ3n) is 6.92. The van der Waals surface area contributed by atoms with Crippen LogP contribution >= 0.6 is 0 Å². The molecule has 0 bridgehead atoms. The lowest BCUT2D eigenvalue weighted by Crippen LogP contribution is -2.43. The van der Waals surface area contributed by atoms with E-state index in [1.165, 1.54) is 12.4 Å². The van der Waals surface area contributed by atoms with Crippen LogP contribution in [0.25, 0.3) is 22.2 Å². The number of fused-ring (bicyclic) bond motifs is 1. The molecule has 2 aliphatic heterocycles. The molecule has 0 saturated carbocycles. The summed E-state index contributed by atoms with van der Waals surface area (Å²) in [6.45, 7) is 1.59. The number of rotatable bonds is 6. The van der Waals surface area contributed by atoms with Gasteiger partial charge in [0.25, 0.3) is 0 Å². The monoisotopic (exact) mass is 527 g/mol. The number of alkyl halides is 3. The molecule has 6 rings (SSSR count). The maximum absolute atomic E-state index is 12.9. The van der Waals surface area contributed by atoms with Crippen LogP contribution < -0.4 is 16.0 Å². The maximum Gasteiger partial charge on any atom is 0.408 e. The van der Waals surface area contributed by atoms with Gasteiger partial charge in [0.15, 0.2) is 5.65 Å². The van der Waals surface area contributed by atoms with Crippen molar-refractivity contribution in [2.75, 3.05) is 36.5 Å². The van der Waals surface area contributed by atoms with Gasteiger partial charge in [-0.3, -0.25) is 4.68 Å².